The van der Waals surface area contributed by atoms with Crippen LogP contribution in [0.1, 0.15) is 19.3 Å². The van der Waals surface area contributed by atoms with Crippen LogP contribution in [-0.4, -0.2) is 23.9 Å². The minimum absolute atomic E-state index is 0.354. The fraction of sp³-hybridized carbons (Fsp3) is 1.00. The van der Waals surface area contributed by atoms with Gasteiger partial charge in [-0.15, -0.1) is 0 Å². The van der Waals surface area contributed by atoms with E-state index in [2.05, 4.69) is 0 Å². The minimum atomic E-state index is 0.354. The molecule has 2 heteroatoms. The quantitative estimate of drug-likeness (QED) is 0.523. The Labute approximate surface area is 54.8 Å². The van der Waals surface area contributed by atoms with Gasteiger partial charge in [0.2, 0.25) is 0 Å². The maximum Gasteiger partial charge on any atom is 0.0845 e. The second-order valence-corrected chi connectivity index (χ2v) is 3.07. The summed E-state index contributed by atoms with van der Waals surface area (Å²) in [6.45, 7) is 0.354. The van der Waals surface area contributed by atoms with Gasteiger partial charge in [-0.05, 0) is 25.2 Å². The van der Waals surface area contributed by atoms with Crippen molar-refractivity contribution in [2.24, 2.45) is 5.92 Å². The average molecular weight is 128 g/mol. The second-order valence-electron chi connectivity index (χ2n) is 3.07. The molecule has 0 spiro atoms. The Morgan fingerprint density at radius 3 is 2.89 bits per heavy atom. The third kappa shape index (κ3) is 0.970. The predicted octanol–water partition coefficient (Wildman–Crippen LogP) is 0.546. The van der Waals surface area contributed by atoms with E-state index in [1.165, 1.54) is 6.42 Å². The molecule has 1 saturated carbocycles. The van der Waals surface area contributed by atoms with Crippen LogP contribution in [0.15, 0.2) is 0 Å². The first-order valence-electron chi connectivity index (χ1n) is 3.66. The minimum Gasteiger partial charge on any atom is -0.396 e. The molecule has 0 radical (unpaired) electrons. The van der Waals surface area contributed by atoms with Gasteiger partial charge in [0.15, 0.2) is 0 Å². The standard InChI is InChI=1S/C7H12O2/c8-4-5-1-2-6-7(3-5)9-6/h5-8H,1-4H2/t5?,6-,7?/m1/s1. The van der Waals surface area contributed by atoms with E-state index in [1.54, 1.807) is 0 Å². The Kier molecular flexibility index (Phi) is 1.24. The molecule has 0 aromatic carbocycles. The predicted molar refractivity (Wildman–Crippen MR) is 33.1 cm³/mol. The summed E-state index contributed by atoms with van der Waals surface area (Å²) in [5.74, 6) is 0.536. The monoisotopic (exact) mass is 128 g/mol. The number of rotatable bonds is 1. The van der Waals surface area contributed by atoms with E-state index >= 15 is 0 Å². The average Bonchev–Trinajstić information content (AvgIpc) is 2.64. The molecule has 1 aliphatic heterocycles. The summed E-state index contributed by atoms with van der Waals surface area (Å²) in [5.41, 5.74) is 0. The SMILES string of the molecule is OCC1CC[C@H]2OC2C1. The molecule has 1 N–H and O–H groups in total. The van der Waals surface area contributed by atoms with Crippen molar-refractivity contribution in [3.63, 3.8) is 0 Å². The number of aliphatic hydroxyl groups excluding tert-OH is 1. The van der Waals surface area contributed by atoms with Crippen LogP contribution in [0.5, 0.6) is 0 Å². The van der Waals surface area contributed by atoms with Gasteiger partial charge in [-0.2, -0.15) is 0 Å². The van der Waals surface area contributed by atoms with Crippen LogP contribution in [0.4, 0.5) is 0 Å². The summed E-state index contributed by atoms with van der Waals surface area (Å²) in [5, 5.41) is 8.77. The van der Waals surface area contributed by atoms with Crippen LogP contribution >= 0.6 is 0 Å². The number of hydrogen-bond donors (Lipinski definition) is 1. The molecule has 0 amide bonds. The van der Waals surface area contributed by atoms with Gasteiger partial charge in [0, 0.05) is 6.61 Å². The molecule has 52 valence electrons. The van der Waals surface area contributed by atoms with Crippen molar-refractivity contribution in [2.75, 3.05) is 6.61 Å². The van der Waals surface area contributed by atoms with E-state index in [9.17, 15) is 0 Å². The molecule has 2 nitrogen and oxygen atoms in total. The largest absolute Gasteiger partial charge is 0.396 e. The molecule has 9 heavy (non-hydrogen) atoms. The molecule has 2 aliphatic rings. The number of ether oxygens (including phenoxy) is 1. The van der Waals surface area contributed by atoms with Gasteiger partial charge < -0.3 is 9.84 Å². The van der Waals surface area contributed by atoms with Crippen molar-refractivity contribution < 1.29 is 9.84 Å². The van der Waals surface area contributed by atoms with E-state index in [1.807, 2.05) is 0 Å². The Morgan fingerprint density at radius 1 is 1.33 bits per heavy atom. The van der Waals surface area contributed by atoms with Gasteiger partial charge in [-0.3, -0.25) is 0 Å². The molecular weight excluding hydrogens is 116 g/mol. The zero-order chi connectivity index (χ0) is 6.27. The van der Waals surface area contributed by atoms with Gasteiger partial charge in [-0.25, -0.2) is 0 Å². The molecule has 0 aromatic rings. The van der Waals surface area contributed by atoms with Crippen molar-refractivity contribution in [1.82, 2.24) is 0 Å². The molecule has 1 saturated heterocycles. The van der Waals surface area contributed by atoms with E-state index in [-0.39, 0.29) is 0 Å². The summed E-state index contributed by atoms with van der Waals surface area (Å²) < 4.78 is 5.30. The first-order chi connectivity index (χ1) is 4.40. The lowest BCUT2D eigenvalue weighted by atomic mass is 9.90. The molecule has 3 atom stereocenters. The van der Waals surface area contributed by atoms with E-state index in [0.717, 1.165) is 12.8 Å². The van der Waals surface area contributed by atoms with E-state index < -0.39 is 0 Å². The Balaban J connectivity index is 1.86. The van der Waals surface area contributed by atoms with Crippen LogP contribution in [0.2, 0.25) is 0 Å². The fourth-order valence-corrected chi connectivity index (χ4v) is 1.65. The molecule has 2 fully saturated rings. The summed E-state index contributed by atoms with van der Waals surface area (Å²) in [7, 11) is 0. The van der Waals surface area contributed by atoms with Gasteiger partial charge in [-0.1, -0.05) is 0 Å². The number of aliphatic hydroxyl groups is 1. The fourth-order valence-electron chi connectivity index (χ4n) is 1.65. The highest BCUT2D eigenvalue weighted by molar-refractivity contribution is 4.91. The maximum absolute atomic E-state index is 8.77. The third-order valence-electron chi connectivity index (χ3n) is 2.37. The van der Waals surface area contributed by atoms with Gasteiger partial charge in [0.05, 0.1) is 12.2 Å². The van der Waals surface area contributed by atoms with Crippen LogP contribution < -0.4 is 0 Å². The highest BCUT2D eigenvalue weighted by Crippen LogP contribution is 2.38. The van der Waals surface area contributed by atoms with E-state index in [0.29, 0.717) is 24.7 Å². The number of hydrogen-bond acceptors (Lipinski definition) is 2. The van der Waals surface area contributed by atoms with Crippen molar-refractivity contribution in [3.05, 3.63) is 0 Å². The Bertz CT molecular complexity index is 113. The van der Waals surface area contributed by atoms with Crippen molar-refractivity contribution in [2.45, 2.75) is 31.5 Å². The molecular formula is C7H12O2. The lowest BCUT2D eigenvalue weighted by Gasteiger charge is -2.14. The molecule has 0 bridgehead atoms. The van der Waals surface area contributed by atoms with E-state index in [4.69, 9.17) is 9.84 Å². The number of epoxide rings is 1. The highest BCUT2D eigenvalue weighted by atomic mass is 16.6. The molecule has 0 aromatic heterocycles. The lowest BCUT2D eigenvalue weighted by Crippen LogP contribution is -2.16. The smallest absolute Gasteiger partial charge is 0.0845 e. The van der Waals surface area contributed by atoms with Crippen LogP contribution in [0.25, 0.3) is 0 Å². The molecule has 1 aliphatic carbocycles. The topological polar surface area (TPSA) is 32.8 Å². The van der Waals surface area contributed by atoms with Crippen LogP contribution in [0.3, 0.4) is 0 Å². The first kappa shape index (κ1) is 5.69. The summed E-state index contributed by atoms with van der Waals surface area (Å²) in [6, 6.07) is 0. The van der Waals surface area contributed by atoms with Gasteiger partial charge in [0.25, 0.3) is 0 Å². The Hall–Kier alpha value is -0.0800. The summed E-state index contributed by atoms with van der Waals surface area (Å²) in [4.78, 5) is 0. The summed E-state index contributed by atoms with van der Waals surface area (Å²) in [6.07, 6.45) is 4.54. The van der Waals surface area contributed by atoms with Gasteiger partial charge in [0.1, 0.15) is 0 Å². The second kappa shape index (κ2) is 1.96. The maximum atomic E-state index is 8.77. The lowest BCUT2D eigenvalue weighted by molar-refractivity contribution is 0.197. The van der Waals surface area contributed by atoms with Crippen molar-refractivity contribution in [1.29, 1.82) is 0 Å². The zero-order valence-corrected chi connectivity index (χ0v) is 5.42. The first-order valence-corrected chi connectivity index (χ1v) is 3.66. The normalized spacial score (nSPS) is 48.3. The molecule has 2 unspecified atom stereocenters. The summed E-state index contributed by atoms with van der Waals surface area (Å²) >= 11 is 0. The highest BCUT2D eigenvalue weighted by Gasteiger charge is 2.43. The molecule has 1 heterocycles. The van der Waals surface area contributed by atoms with Crippen molar-refractivity contribution in [3.8, 4) is 0 Å². The zero-order valence-electron chi connectivity index (χ0n) is 5.42. The van der Waals surface area contributed by atoms with Crippen LogP contribution in [0, 0.1) is 5.92 Å². The third-order valence-corrected chi connectivity index (χ3v) is 2.37. The van der Waals surface area contributed by atoms with Crippen molar-refractivity contribution >= 4 is 0 Å². The molecule has 2 rings (SSSR count). The number of fused-ring (bicyclic) bond motifs is 1. The van der Waals surface area contributed by atoms with Crippen LogP contribution in [-0.2, 0) is 4.74 Å². The van der Waals surface area contributed by atoms with Gasteiger partial charge >= 0.3 is 0 Å². The Morgan fingerprint density at radius 2 is 2.22 bits per heavy atom.